The van der Waals surface area contributed by atoms with Crippen molar-refractivity contribution < 1.29 is 0 Å². The number of hydrogen-bond acceptors (Lipinski definition) is 5. The highest BCUT2D eigenvalue weighted by Gasteiger charge is 2.06. The van der Waals surface area contributed by atoms with E-state index < -0.39 is 0 Å². The minimum atomic E-state index is 0.667. The average molecular weight is 268 g/mol. The van der Waals surface area contributed by atoms with Crippen molar-refractivity contribution in [2.24, 2.45) is 7.05 Å². The number of hydrogen-bond donors (Lipinski definition) is 2. The van der Waals surface area contributed by atoms with Crippen LogP contribution < -0.4 is 11.1 Å². The van der Waals surface area contributed by atoms with Gasteiger partial charge in [0.15, 0.2) is 0 Å². The van der Waals surface area contributed by atoms with Gasteiger partial charge in [0.25, 0.3) is 0 Å². The molecule has 0 bridgehead atoms. The van der Waals surface area contributed by atoms with E-state index >= 15 is 0 Å². The second-order valence-corrected chi connectivity index (χ2v) is 4.77. The molecule has 0 saturated carbocycles. The Labute approximate surface area is 116 Å². The van der Waals surface area contributed by atoms with E-state index in [1.54, 1.807) is 6.33 Å². The van der Waals surface area contributed by atoms with E-state index in [2.05, 4.69) is 20.4 Å². The number of nitrogens with zero attached hydrogens (tertiary/aromatic N) is 4. The number of fused-ring (bicyclic) bond motifs is 1. The molecular formula is C14H16N6. The molecule has 0 unspecified atom stereocenters. The molecule has 0 aliphatic rings. The zero-order chi connectivity index (χ0) is 14.1. The van der Waals surface area contributed by atoms with Crippen LogP contribution >= 0.6 is 0 Å². The van der Waals surface area contributed by atoms with Crippen molar-refractivity contribution in [1.82, 2.24) is 19.7 Å². The Morgan fingerprint density at radius 2 is 2.15 bits per heavy atom. The van der Waals surface area contributed by atoms with Gasteiger partial charge in [-0.25, -0.2) is 9.97 Å². The minimum Gasteiger partial charge on any atom is -0.399 e. The third-order valence-corrected chi connectivity index (χ3v) is 3.22. The Balaban J connectivity index is 1.91. The molecule has 20 heavy (non-hydrogen) atoms. The molecule has 0 saturated heterocycles. The van der Waals surface area contributed by atoms with Gasteiger partial charge >= 0.3 is 0 Å². The normalized spacial score (nSPS) is 10.9. The van der Waals surface area contributed by atoms with E-state index in [1.165, 1.54) is 0 Å². The van der Waals surface area contributed by atoms with Gasteiger partial charge in [0.05, 0.1) is 11.2 Å². The summed E-state index contributed by atoms with van der Waals surface area (Å²) in [7, 11) is 1.91. The Kier molecular flexibility index (Phi) is 2.98. The number of benzene rings is 1. The molecule has 6 heteroatoms. The van der Waals surface area contributed by atoms with Crippen LogP contribution in [0.15, 0.2) is 30.7 Å². The van der Waals surface area contributed by atoms with Crippen molar-refractivity contribution >= 4 is 22.4 Å². The summed E-state index contributed by atoms with van der Waals surface area (Å²) in [6, 6.07) is 5.62. The largest absolute Gasteiger partial charge is 0.399 e. The highest BCUT2D eigenvalue weighted by molar-refractivity contribution is 5.91. The van der Waals surface area contributed by atoms with E-state index in [0.717, 1.165) is 28.0 Å². The van der Waals surface area contributed by atoms with Crippen LogP contribution in [0.2, 0.25) is 0 Å². The summed E-state index contributed by atoms with van der Waals surface area (Å²) < 4.78 is 1.81. The third kappa shape index (κ3) is 2.27. The zero-order valence-electron chi connectivity index (χ0n) is 11.5. The first-order chi connectivity index (χ1) is 9.63. The van der Waals surface area contributed by atoms with Crippen LogP contribution in [0, 0.1) is 6.92 Å². The predicted molar refractivity (Wildman–Crippen MR) is 79.2 cm³/mol. The summed E-state index contributed by atoms with van der Waals surface area (Å²) in [6.07, 6.45) is 3.55. The average Bonchev–Trinajstić information content (AvgIpc) is 2.74. The minimum absolute atomic E-state index is 0.667. The predicted octanol–water partition coefficient (Wildman–Crippen LogP) is 1.87. The molecule has 3 rings (SSSR count). The lowest BCUT2D eigenvalue weighted by atomic mass is 10.2. The molecular weight excluding hydrogens is 252 g/mol. The fourth-order valence-electron chi connectivity index (χ4n) is 2.22. The summed E-state index contributed by atoms with van der Waals surface area (Å²) in [6.45, 7) is 2.66. The number of anilines is 2. The molecule has 0 aliphatic heterocycles. The maximum Gasteiger partial charge on any atom is 0.137 e. The smallest absolute Gasteiger partial charge is 0.137 e. The van der Waals surface area contributed by atoms with E-state index in [9.17, 15) is 0 Å². The van der Waals surface area contributed by atoms with Crippen molar-refractivity contribution in [3.05, 3.63) is 42.0 Å². The standard InChI is InChI=1S/C14H16N6/c1-9-10(7-20(2)19-9)6-16-14-12-5-11(15)3-4-13(12)17-8-18-14/h3-5,7-8H,6,15H2,1-2H3,(H,16,17,18). The van der Waals surface area contributed by atoms with Crippen molar-refractivity contribution in [2.45, 2.75) is 13.5 Å². The molecule has 2 heterocycles. The first-order valence-electron chi connectivity index (χ1n) is 6.37. The summed E-state index contributed by atoms with van der Waals surface area (Å²) in [5.74, 6) is 0.783. The molecule has 0 amide bonds. The Morgan fingerprint density at radius 3 is 2.90 bits per heavy atom. The quantitative estimate of drug-likeness (QED) is 0.709. The van der Waals surface area contributed by atoms with E-state index in [-0.39, 0.29) is 0 Å². The molecule has 6 nitrogen and oxygen atoms in total. The van der Waals surface area contributed by atoms with Gasteiger partial charge in [-0.1, -0.05) is 0 Å². The SMILES string of the molecule is Cc1nn(C)cc1CNc1ncnc2ccc(N)cc12. The maximum absolute atomic E-state index is 5.83. The third-order valence-electron chi connectivity index (χ3n) is 3.22. The molecule has 0 atom stereocenters. The zero-order valence-corrected chi connectivity index (χ0v) is 11.5. The van der Waals surface area contributed by atoms with Gasteiger partial charge in [-0.15, -0.1) is 0 Å². The van der Waals surface area contributed by atoms with Crippen LogP contribution in [-0.2, 0) is 13.6 Å². The maximum atomic E-state index is 5.83. The monoisotopic (exact) mass is 268 g/mol. The molecule has 2 aromatic heterocycles. The summed E-state index contributed by atoms with van der Waals surface area (Å²) in [5.41, 5.74) is 9.56. The van der Waals surface area contributed by atoms with Crippen molar-refractivity contribution in [1.29, 1.82) is 0 Å². The summed E-state index contributed by atoms with van der Waals surface area (Å²) >= 11 is 0. The first-order valence-corrected chi connectivity index (χ1v) is 6.37. The molecule has 3 aromatic rings. The molecule has 0 radical (unpaired) electrons. The van der Waals surface area contributed by atoms with Gasteiger partial charge in [0.2, 0.25) is 0 Å². The number of rotatable bonds is 3. The Morgan fingerprint density at radius 1 is 1.30 bits per heavy atom. The number of aryl methyl sites for hydroxylation is 2. The van der Waals surface area contributed by atoms with Gasteiger partial charge < -0.3 is 11.1 Å². The Hall–Kier alpha value is -2.63. The Bertz CT molecular complexity index is 761. The van der Waals surface area contributed by atoms with E-state index in [1.807, 2.05) is 43.0 Å². The van der Waals surface area contributed by atoms with Crippen LogP contribution in [-0.4, -0.2) is 19.7 Å². The lowest BCUT2D eigenvalue weighted by Gasteiger charge is -2.08. The van der Waals surface area contributed by atoms with Crippen LogP contribution in [0.4, 0.5) is 11.5 Å². The van der Waals surface area contributed by atoms with Gasteiger partial charge in [0, 0.05) is 36.4 Å². The van der Waals surface area contributed by atoms with Crippen molar-refractivity contribution in [3.63, 3.8) is 0 Å². The summed E-state index contributed by atoms with van der Waals surface area (Å²) in [5, 5.41) is 8.57. The van der Waals surface area contributed by atoms with Gasteiger partial charge in [0.1, 0.15) is 12.1 Å². The van der Waals surface area contributed by atoms with Crippen molar-refractivity contribution in [2.75, 3.05) is 11.1 Å². The number of nitrogens with one attached hydrogen (secondary N) is 1. The van der Waals surface area contributed by atoms with Crippen LogP contribution in [0.1, 0.15) is 11.3 Å². The lowest BCUT2D eigenvalue weighted by molar-refractivity contribution is 0.756. The van der Waals surface area contributed by atoms with Gasteiger partial charge in [-0.05, 0) is 25.1 Å². The number of aromatic nitrogens is 4. The highest BCUT2D eigenvalue weighted by Crippen LogP contribution is 2.22. The lowest BCUT2D eigenvalue weighted by Crippen LogP contribution is -2.03. The summed E-state index contributed by atoms with van der Waals surface area (Å²) in [4.78, 5) is 8.53. The molecule has 102 valence electrons. The topological polar surface area (TPSA) is 81.7 Å². The van der Waals surface area contributed by atoms with E-state index in [4.69, 9.17) is 5.73 Å². The molecule has 1 aromatic carbocycles. The van der Waals surface area contributed by atoms with Gasteiger partial charge in [-0.3, -0.25) is 4.68 Å². The second-order valence-electron chi connectivity index (χ2n) is 4.77. The first kappa shape index (κ1) is 12.4. The van der Waals surface area contributed by atoms with E-state index in [0.29, 0.717) is 12.2 Å². The van der Waals surface area contributed by atoms with Crippen molar-refractivity contribution in [3.8, 4) is 0 Å². The number of nitrogens with two attached hydrogens (primary N) is 1. The van der Waals surface area contributed by atoms with Crippen LogP contribution in [0.25, 0.3) is 10.9 Å². The fraction of sp³-hybridized carbons (Fsp3) is 0.214. The number of nitrogen functional groups attached to an aromatic ring is 1. The fourth-order valence-corrected chi connectivity index (χ4v) is 2.22. The highest BCUT2D eigenvalue weighted by atomic mass is 15.3. The second kappa shape index (κ2) is 4.80. The van der Waals surface area contributed by atoms with Crippen LogP contribution in [0.5, 0.6) is 0 Å². The molecule has 0 fully saturated rings. The molecule has 0 aliphatic carbocycles. The van der Waals surface area contributed by atoms with Gasteiger partial charge in [-0.2, -0.15) is 5.10 Å². The van der Waals surface area contributed by atoms with Crippen LogP contribution in [0.3, 0.4) is 0 Å². The molecule has 0 spiro atoms. The molecule has 3 N–H and O–H groups in total.